The van der Waals surface area contributed by atoms with Gasteiger partial charge in [-0.25, -0.2) is 4.98 Å². The first-order valence-corrected chi connectivity index (χ1v) is 10.1. The fourth-order valence-electron chi connectivity index (χ4n) is 1.34. The number of halogens is 1. The van der Waals surface area contributed by atoms with Crippen molar-refractivity contribution in [2.75, 3.05) is 0 Å². The number of nitrogens with zero attached hydrogens (tertiary/aromatic N) is 2. The molecule has 0 saturated carbocycles. The molecule has 0 aliphatic heterocycles. The van der Waals surface area contributed by atoms with Crippen LogP contribution in [0.5, 0.6) is 0 Å². The van der Waals surface area contributed by atoms with E-state index in [4.69, 9.17) is 16.0 Å². The third-order valence-corrected chi connectivity index (χ3v) is 9.32. The molecule has 0 radical (unpaired) electrons. The normalized spacial score (nSPS) is 13.4. The van der Waals surface area contributed by atoms with E-state index in [1.165, 1.54) is 4.88 Å². The summed E-state index contributed by atoms with van der Waals surface area (Å²) in [5.41, 5.74) is 0. The zero-order valence-corrected chi connectivity index (χ0v) is 14.0. The lowest BCUT2D eigenvalue weighted by molar-refractivity contribution is 0.279. The molecule has 0 saturated heterocycles. The fourth-order valence-corrected chi connectivity index (χ4v) is 3.49. The van der Waals surface area contributed by atoms with Crippen LogP contribution < -0.4 is 0 Å². The van der Waals surface area contributed by atoms with Crippen LogP contribution >= 0.6 is 22.9 Å². The summed E-state index contributed by atoms with van der Waals surface area (Å²) < 4.78 is 8.08. The molecule has 100 valence electrons. The Balaban J connectivity index is 2.11. The maximum atomic E-state index is 6.18. The van der Waals surface area contributed by atoms with E-state index in [2.05, 4.69) is 38.8 Å². The van der Waals surface area contributed by atoms with E-state index in [0.717, 1.165) is 4.96 Å². The van der Waals surface area contributed by atoms with Gasteiger partial charge in [0.25, 0.3) is 0 Å². The first kappa shape index (κ1) is 14.1. The van der Waals surface area contributed by atoms with Crippen molar-refractivity contribution in [3.05, 3.63) is 22.4 Å². The lowest BCUT2D eigenvalue weighted by Gasteiger charge is -2.35. The molecule has 0 aliphatic carbocycles. The molecule has 2 rings (SSSR count). The molecule has 0 N–H and O–H groups in total. The van der Waals surface area contributed by atoms with Crippen LogP contribution in [0.15, 0.2) is 12.4 Å². The Morgan fingerprint density at radius 3 is 2.67 bits per heavy atom. The Morgan fingerprint density at radius 2 is 2.11 bits per heavy atom. The number of aromatic nitrogens is 2. The Kier molecular flexibility index (Phi) is 3.62. The van der Waals surface area contributed by atoms with Crippen LogP contribution in [0.25, 0.3) is 4.96 Å². The van der Waals surface area contributed by atoms with Crippen LogP contribution in [0.1, 0.15) is 25.6 Å². The summed E-state index contributed by atoms with van der Waals surface area (Å²) in [5, 5.41) is 0.891. The smallest absolute Gasteiger partial charge is 0.195 e. The quantitative estimate of drug-likeness (QED) is 0.776. The Morgan fingerprint density at radius 1 is 1.44 bits per heavy atom. The predicted molar refractivity (Wildman–Crippen MR) is 80.1 cm³/mol. The van der Waals surface area contributed by atoms with Gasteiger partial charge in [-0.1, -0.05) is 43.7 Å². The van der Waals surface area contributed by atoms with Crippen LogP contribution in [0.4, 0.5) is 0 Å². The molecule has 0 fully saturated rings. The Bertz CT molecular complexity index is 556. The van der Waals surface area contributed by atoms with Gasteiger partial charge in [0.1, 0.15) is 5.15 Å². The summed E-state index contributed by atoms with van der Waals surface area (Å²) in [6.45, 7) is 11.9. The third-order valence-electron chi connectivity index (χ3n) is 3.59. The van der Waals surface area contributed by atoms with Gasteiger partial charge in [0.05, 0.1) is 12.8 Å². The summed E-state index contributed by atoms with van der Waals surface area (Å²) in [7, 11) is -1.69. The molecule has 0 aliphatic rings. The summed E-state index contributed by atoms with van der Waals surface area (Å²) in [4.78, 5) is 6.33. The highest BCUT2D eigenvalue weighted by molar-refractivity contribution is 7.17. The van der Waals surface area contributed by atoms with Gasteiger partial charge in [-0.15, -0.1) is 0 Å². The fraction of sp³-hybridized carbons (Fsp3) is 0.583. The third kappa shape index (κ3) is 2.64. The maximum absolute atomic E-state index is 6.18. The average Bonchev–Trinajstić information content (AvgIpc) is 2.77. The maximum Gasteiger partial charge on any atom is 0.195 e. The van der Waals surface area contributed by atoms with Gasteiger partial charge in [-0.2, -0.15) is 0 Å². The van der Waals surface area contributed by atoms with Crippen LogP contribution in [-0.4, -0.2) is 17.7 Å². The molecule has 0 bridgehead atoms. The highest BCUT2D eigenvalue weighted by atomic mass is 35.5. The highest BCUT2D eigenvalue weighted by Gasteiger charge is 2.37. The molecule has 0 spiro atoms. The molecule has 3 nitrogen and oxygen atoms in total. The van der Waals surface area contributed by atoms with E-state index in [9.17, 15) is 0 Å². The van der Waals surface area contributed by atoms with Crippen molar-refractivity contribution in [3.8, 4) is 0 Å². The van der Waals surface area contributed by atoms with E-state index in [1.54, 1.807) is 17.5 Å². The lowest BCUT2D eigenvalue weighted by atomic mass is 10.2. The lowest BCUT2D eigenvalue weighted by Crippen LogP contribution is -2.40. The van der Waals surface area contributed by atoms with Crippen LogP contribution in [-0.2, 0) is 11.0 Å². The monoisotopic (exact) mass is 302 g/mol. The van der Waals surface area contributed by atoms with E-state index >= 15 is 0 Å². The molecule has 2 aromatic rings. The highest BCUT2D eigenvalue weighted by Crippen LogP contribution is 2.37. The standard InChI is InChI=1S/C12H19ClN2OSSi/c1-12(2,3)18(4,5)16-8-9-7-15-10(13)6-14-11(15)17-9/h6-7H,8H2,1-5H3. The van der Waals surface area contributed by atoms with Crippen molar-refractivity contribution in [2.24, 2.45) is 0 Å². The first-order chi connectivity index (χ1) is 8.21. The minimum atomic E-state index is -1.69. The predicted octanol–water partition coefficient (Wildman–Crippen LogP) is 4.57. The molecule has 2 aromatic heterocycles. The molecule has 0 atom stereocenters. The van der Waals surface area contributed by atoms with Gasteiger partial charge < -0.3 is 4.43 Å². The van der Waals surface area contributed by atoms with Crippen molar-refractivity contribution < 1.29 is 4.43 Å². The van der Waals surface area contributed by atoms with E-state index in [1.807, 2.05) is 10.6 Å². The molecule has 6 heteroatoms. The molecule has 2 heterocycles. The molecule has 0 amide bonds. The molecule has 18 heavy (non-hydrogen) atoms. The van der Waals surface area contributed by atoms with E-state index in [-0.39, 0.29) is 5.04 Å². The SMILES string of the molecule is CC(C)(C)[Si](C)(C)OCc1cn2c(Cl)cnc2s1. The summed E-state index contributed by atoms with van der Waals surface area (Å²) in [5.74, 6) is 0. The average molecular weight is 303 g/mol. The summed E-state index contributed by atoms with van der Waals surface area (Å²) in [6, 6.07) is 0. The second kappa shape index (κ2) is 4.63. The van der Waals surface area contributed by atoms with Crippen molar-refractivity contribution in [1.29, 1.82) is 0 Å². The van der Waals surface area contributed by atoms with Gasteiger partial charge in [0.15, 0.2) is 13.3 Å². The minimum absolute atomic E-state index is 0.238. The van der Waals surface area contributed by atoms with Gasteiger partial charge in [-0.05, 0) is 18.1 Å². The second-order valence-electron chi connectivity index (χ2n) is 5.98. The first-order valence-electron chi connectivity index (χ1n) is 5.96. The minimum Gasteiger partial charge on any atom is -0.412 e. The van der Waals surface area contributed by atoms with Gasteiger partial charge in [0.2, 0.25) is 0 Å². The number of hydrogen-bond acceptors (Lipinski definition) is 3. The topological polar surface area (TPSA) is 26.5 Å². The molecular formula is C12H19ClN2OSSi. The number of imidazole rings is 1. The molecule has 0 unspecified atom stereocenters. The Labute approximate surface area is 118 Å². The van der Waals surface area contributed by atoms with Crippen molar-refractivity contribution in [3.63, 3.8) is 0 Å². The van der Waals surface area contributed by atoms with Crippen molar-refractivity contribution in [1.82, 2.24) is 9.38 Å². The van der Waals surface area contributed by atoms with Crippen molar-refractivity contribution >= 4 is 36.2 Å². The second-order valence-corrected chi connectivity index (χ2v) is 12.3. The van der Waals surface area contributed by atoms with Gasteiger partial charge >= 0.3 is 0 Å². The summed E-state index contributed by atoms with van der Waals surface area (Å²) in [6.07, 6.45) is 3.69. The van der Waals surface area contributed by atoms with Crippen LogP contribution in [0.3, 0.4) is 0 Å². The van der Waals surface area contributed by atoms with Crippen LogP contribution in [0, 0.1) is 0 Å². The van der Waals surface area contributed by atoms with Gasteiger partial charge in [-0.3, -0.25) is 4.40 Å². The number of thiazole rings is 1. The molecule has 0 aromatic carbocycles. The van der Waals surface area contributed by atoms with Crippen LogP contribution in [0.2, 0.25) is 23.3 Å². The van der Waals surface area contributed by atoms with E-state index < -0.39 is 8.32 Å². The summed E-state index contributed by atoms with van der Waals surface area (Å²) >= 11 is 7.66. The largest absolute Gasteiger partial charge is 0.412 e. The number of fused-ring (bicyclic) bond motifs is 1. The Hall–Kier alpha value is -0.363. The molecular weight excluding hydrogens is 284 g/mol. The van der Waals surface area contributed by atoms with Crippen molar-refractivity contribution in [2.45, 2.75) is 45.5 Å². The zero-order chi connectivity index (χ0) is 13.6. The number of rotatable bonds is 3. The van der Waals surface area contributed by atoms with E-state index in [0.29, 0.717) is 11.8 Å². The number of hydrogen-bond donors (Lipinski definition) is 0. The zero-order valence-electron chi connectivity index (χ0n) is 11.5. The van der Waals surface area contributed by atoms with Gasteiger partial charge in [0, 0.05) is 11.1 Å².